The van der Waals surface area contributed by atoms with Gasteiger partial charge in [-0.2, -0.15) is 8.42 Å². The minimum absolute atomic E-state index is 0.0719. The number of nitrogens with one attached hydrogen (secondary N) is 1. The molecular formula is C3H5N2O4S. The van der Waals surface area contributed by atoms with Gasteiger partial charge in [0.1, 0.15) is 5.84 Å². The summed E-state index contributed by atoms with van der Waals surface area (Å²) in [5.74, 6) is 0.0719. The summed E-state index contributed by atoms with van der Waals surface area (Å²) in [6.07, 6.45) is 0. The van der Waals surface area contributed by atoms with Crippen LogP contribution >= 0.6 is 0 Å². The zero-order valence-corrected chi connectivity index (χ0v) is 5.63. The van der Waals surface area contributed by atoms with Gasteiger partial charge in [-0.1, -0.05) is 0 Å². The molecule has 0 amide bonds. The fourth-order valence-electron chi connectivity index (χ4n) is 0.426. The molecule has 0 saturated carbocycles. The number of hydrogen-bond donors (Lipinski definition) is 2. The van der Waals surface area contributed by atoms with Crippen LogP contribution in [-0.2, 0) is 15.0 Å². The smallest absolute Gasteiger partial charge is 0.282 e. The Morgan fingerprint density at radius 3 is 2.60 bits per heavy atom. The van der Waals surface area contributed by atoms with Crippen molar-refractivity contribution in [2.24, 2.45) is 4.99 Å². The molecule has 1 radical (unpaired) electrons. The van der Waals surface area contributed by atoms with Crippen molar-refractivity contribution in [3.8, 4) is 0 Å². The first kappa shape index (κ1) is 7.45. The second-order valence-electron chi connectivity index (χ2n) is 1.62. The average Bonchev–Trinajstić information content (AvgIpc) is 2.11. The van der Waals surface area contributed by atoms with E-state index in [1.165, 1.54) is 0 Å². The fourth-order valence-corrected chi connectivity index (χ4v) is 0.856. The van der Waals surface area contributed by atoms with Crippen molar-refractivity contribution in [3.63, 3.8) is 0 Å². The quantitative estimate of drug-likeness (QED) is 0.483. The van der Waals surface area contributed by atoms with Crippen molar-refractivity contribution in [3.05, 3.63) is 6.92 Å². The first-order chi connectivity index (χ1) is 4.50. The van der Waals surface area contributed by atoms with Crippen molar-refractivity contribution in [2.45, 2.75) is 5.56 Å². The van der Waals surface area contributed by atoms with Gasteiger partial charge in [0, 0.05) is 6.92 Å². The van der Waals surface area contributed by atoms with E-state index in [1.54, 1.807) is 0 Å². The zero-order valence-electron chi connectivity index (χ0n) is 4.81. The Labute approximate surface area is 57.6 Å². The Bertz CT molecular complexity index is 256. The molecule has 1 rings (SSSR count). The lowest BCUT2D eigenvalue weighted by Gasteiger charge is -1.99. The SMILES string of the molecule is [CH2]C1=NC(S(=O)(=O)O)ON1. The highest BCUT2D eigenvalue weighted by molar-refractivity contribution is 7.86. The Balaban J connectivity index is 2.81. The summed E-state index contributed by atoms with van der Waals surface area (Å²) in [5.41, 5.74) is 0.506. The van der Waals surface area contributed by atoms with E-state index in [4.69, 9.17) is 4.55 Å². The Morgan fingerprint density at radius 1 is 1.80 bits per heavy atom. The maximum absolute atomic E-state index is 10.2. The number of rotatable bonds is 1. The van der Waals surface area contributed by atoms with Gasteiger partial charge in [-0.25, -0.2) is 15.3 Å². The van der Waals surface area contributed by atoms with E-state index >= 15 is 0 Å². The molecule has 0 aromatic rings. The molecule has 0 aromatic heterocycles. The number of amidine groups is 1. The highest BCUT2D eigenvalue weighted by Gasteiger charge is 2.27. The molecule has 1 aliphatic heterocycles. The normalized spacial score (nSPS) is 25.8. The Hall–Kier alpha value is -0.660. The van der Waals surface area contributed by atoms with Crippen molar-refractivity contribution >= 4 is 16.0 Å². The van der Waals surface area contributed by atoms with Crippen molar-refractivity contribution in [1.29, 1.82) is 0 Å². The maximum atomic E-state index is 10.2. The van der Waals surface area contributed by atoms with E-state index in [0.717, 1.165) is 0 Å². The Kier molecular flexibility index (Phi) is 1.63. The van der Waals surface area contributed by atoms with Crippen LogP contribution in [0.3, 0.4) is 0 Å². The number of hydroxylamine groups is 1. The van der Waals surface area contributed by atoms with Crippen molar-refractivity contribution in [1.82, 2.24) is 5.48 Å². The number of aliphatic imine (C=N–C) groups is 1. The second-order valence-corrected chi connectivity index (χ2v) is 3.05. The molecule has 7 heteroatoms. The van der Waals surface area contributed by atoms with Gasteiger partial charge in [0.2, 0.25) is 0 Å². The van der Waals surface area contributed by atoms with Gasteiger partial charge in [-0.05, 0) is 0 Å². The third kappa shape index (κ3) is 1.43. The standard InChI is InChI=1S/C3H5N2O4S/c1-2-4-3(9-5-2)10(6,7)8/h3H,1H2,(H,4,5)(H,6,7,8). The van der Waals surface area contributed by atoms with E-state index < -0.39 is 15.7 Å². The molecule has 0 bridgehead atoms. The molecule has 1 atom stereocenters. The molecule has 0 fully saturated rings. The first-order valence-electron chi connectivity index (χ1n) is 2.28. The van der Waals surface area contributed by atoms with E-state index in [9.17, 15) is 8.42 Å². The monoisotopic (exact) mass is 165 g/mol. The van der Waals surface area contributed by atoms with Crippen LogP contribution in [0.4, 0.5) is 0 Å². The molecular weight excluding hydrogens is 160 g/mol. The van der Waals surface area contributed by atoms with Gasteiger partial charge in [-0.15, -0.1) is 0 Å². The molecule has 0 saturated heterocycles. The van der Waals surface area contributed by atoms with Crippen LogP contribution in [0, 0.1) is 6.92 Å². The predicted octanol–water partition coefficient (Wildman–Crippen LogP) is -1.07. The minimum Gasteiger partial charge on any atom is -0.282 e. The zero-order chi connectivity index (χ0) is 7.78. The van der Waals surface area contributed by atoms with E-state index in [-0.39, 0.29) is 5.84 Å². The summed E-state index contributed by atoms with van der Waals surface area (Å²) in [5, 5.41) is 0. The largest absolute Gasteiger partial charge is 0.316 e. The van der Waals surface area contributed by atoms with E-state index in [0.29, 0.717) is 0 Å². The predicted molar refractivity (Wildman–Crippen MR) is 32.3 cm³/mol. The van der Waals surface area contributed by atoms with Gasteiger partial charge < -0.3 is 0 Å². The molecule has 1 unspecified atom stereocenters. The third-order valence-electron chi connectivity index (χ3n) is 0.794. The van der Waals surface area contributed by atoms with Crippen LogP contribution in [0.15, 0.2) is 4.99 Å². The summed E-state index contributed by atoms with van der Waals surface area (Å²) in [7, 11) is -4.25. The fraction of sp³-hybridized carbons (Fsp3) is 0.333. The molecule has 1 heterocycles. The van der Waals surface area contributed by atoms with Crippen LogP contribution in [0.2, 0.25) is 0 Å². The number of nitrogens with zero attached hydrogens (tertiary/aromatic N) is 1. The average molecular weight is 165 g/mol. The summed E-state index contributed by atoms with van der Waals surface area (Å²) in [4.78, 5) is 7.57. The van der Waals surface area contributed by atoms with Crippen molar-refractivity contribution in [2.75, 3.05) is 0 Å². The maximum Gasteiger partial charge on any atom is 0.316 e. The van der Waals surface area contributed by atoms with Gasteiger partial charge in [0.05, 0.1) is 0 Å². The van der Waals surface area contributed by atoms with Crippen LogP contribution in [0.25, 0.3) is 0 Å². The number of hydrogen-bond acceptors (Lipinski definition) is 5. The van der Waals surface area contributed by atoms with Crippen LogP contribution < -0.4 is 5.48 Å². The first-order valence-corrected chi connectivity index (χ1v) is 3.78. The molecule has 10 heavy (non-hydrogen) atoms. The molecule has 1 aliphatic rings. The molecule has 0 aromatic carbocycles. The van der Waals surface area contributed by atoms with Crippen LogP contribution in [0.1, 0.15) is 0 Å². The lowest BCUT2D eigenvalue weighted by atomic mass is 10.7. The summed E-state index contributed by atoms with van der Waals surface area (Å²) >= 11 is 0. The van der Waals surface area contributed by atoms with E-state index in [1.807, 2.05) is 0 Å². The second kappa shape index (κ2) is 2.19. The molecule has 0 spiro atoms. The third-order valence-corrected chi connectivity index (χ3v) is 1.50. The van der Waals surface area contributed by atoms with Crippen molar-refractivity contribution < 1.29 is 17.8 Å². The lowest BCUT2D eigenvalue weighted by Crippen LogP contribution is -2.22. The highest BCUT2D eigenvalue weighted by atomic mass is 32.2. The molecule has 0 aliphatic carbocycles. The van der Waals surface area contributed by atoms with Gasteiger partial charge >= 0.3 is 15.7 Å². The van der Waals surface area contributed by atoms with Gasteiger partial charge in [0.25, 0.3) is 0 Å². The van der Waals surface area contributed by atoms with E-state index in [2.05, 4.69) is 22.2 Å². The van der Waals surface area contributed by atoms with Gasteiger partial charge in [0.15, 0.2) is 0 Å². The highest BCUT2D eigenvalue weighted by Crippen LogP contribution is 2.05. The van der Waals surface area contributed by atoms with Crippen LogP contribution in [-0.4, -0.2) is 24.4 Å². The van der Waals surface area contributed by atoms with Gasteiger partial charge in [-0.3, -0.25) is 4.55 Å². The molecule has 57 valence electrons. The van der Waals surface area contributed by atoms with Crippen LogP contribution in [0.5, 0.6) is 0 Å². The summed E-state index contributed by atoms with van der Waals surface area (Å²) in [6.45, 7) is 3.24. The molecule has 2 N–H and O–H groups in total. The summed E-state index contributed by atoms with van der Waals surface area (Å²) in [6, 6.07) is 0. The summed E-state index contributed by atoms with van der Waals surface area (Å²) < 4.78 is 28.8. The lowest BCUT2D eigenvalue weighted by molar-refractivity contribution is 0.0807. The topological polar surface area (TPSA) is 88.0 Å². The molecule has 6 nitrogen and oxygen atoms in total. The minimum atomic E-state index is -4.25. The Morgan fingerprint density at radius 2 is 2.40 bits per heavy atom.